The fourth-order valence-corrected chi connectivity index (χ4v) is 2.83. The second kappa shape index (κ2) is 6.24. The maximum absolute atomic E-state index is 12.0. The summed E-state index contributed by atoms with van der Waals surface area (Å²) in [5, 5.41) is 0.941. The van der Waals surface area contributed by atoms with Crippen molar-refractivity contribution in [1.29, 1.82) is 0 Å². The number of anilines is 1. The first-order valence-electron chi connectivity index (χ1n) is 7.84. The lowest BCUT2D eigenvalue weighted by Gasteiger charge is -2.10. The van der Waals surface area contributed by atoms with Gasteiger partial charge < -0.3 is 15.0 Å². The van der Waals surface area contributed by atoms with Crippen molar-refractivity contribution in [2.24, 2.45) is 0 Å². The quantitative estimate of drug-likeness (QED) is 0.732. The lowest BCUT2D eigenvalue weighted by Crippen LogP contribution is -2.15. The molecule has 0 saturated carbocycles. The number of imidazole rings is 1. The largest absolute Gasteiger partial charge is 0.465 e. The summed E-state index contributed by atoms with van der Waals surface area (Å²) >= 11 is 0. The maximum Gasteiger partial charge on any atom is 0.326 e. The highest BCUT2D eigenvalue weighted by Crippen LogP contribution is 2.29. The number of esters is 1. The van der Waals surface area contributed by atoms with E-state index in [0.29, 0.717) is 17.9 Å². The predicted octanol–water partition coefficient (Wildman–Crippen LogP) is 2.68. The molecule has 0 radical (unpaired) electrons. The normalized spacial score (nSPS) is 11.2. The molecule has 0 spiro atoms. The third kappa shape index (κ3) is 2.72. The Hall–Kier alpha value is -2.63. The summed E-state index contributed by atoms with van der Waals surface area (Å²) in [6.07, 6.45) is 1.69. The van der Waals surface area contributed by atoms with Crippen LogP contribution in [0, 0.1) is 0 Å². The number of pyridine rings is 1. The first-order chi connectivity index (χ1) is 11.2. The second-order valence-corrected chi connectivity index (χ2v) is 5.38. The van der Waals surface area contributed by atoms with Crippen molar-refractivity contribution >= 4 is 33.7 Å². The molecule has 6 heteroatoms. The molecule has 0 aliphatic carbocycles. The number of nitrogens with zero attached hydrogens (tertiary/aromatic N) is 3. The minimum absolute atomic E-state index is 0.132. The first kappa shape index (κ1) is 15.3. The zero-order chi connectivity index (χ0) is 16.4. The van der Waals surface area contributed by atoms with Crippen molar-refractivity contribution in [1.82, 2.24) is 14.5 Å². The first-order valence-corrected chi connectivity index (χ1v) is 7.84. The number of aryl methyl sites for hydroxylation is 1. The number of hydrogen-bond donors (Lipinski definition) is 1. The van der Waals surface area contributed by atoms with Crippen LogP contribution in [0.2, 0.25) is 0 Å². The minimum Gasteiger partial charge on any atom is -0.465 e. The van der Waals surface area contributed by atoms with E-state index in [1.807, 2.05) is 28.8 Å². The summed E-state index contributed by atoms with van der Waals surface area (Å²) in [4.78, 5) is 21.1. The molecule has 23 heavy (non-hydrogen) atoms. The van der Waals surface area contributed by atoms with Gasteiger partial charge in [0, 0.05) is 11.8 Å². The Morgan fingerprint density at radius 3 is 2.78 bits per heavy atom. The molecule has 6 nitrogen and oxygen atoms in total. The monoisotopic (exact) mass is 312 g/mol. The topological polar surface area (TPSA) is 83.0 Å². The summed E-state index contributed by atoms with van der Waals surface area (Å²) in [7, 11) is 0. The van der Waals surface area contributed by atoms with Crippen molar-refractivity contribution in [3.05, 3.63) is 30.1 Å². The fraction of sp³-hybridized carbons (Fsp3) is 0.353. The van der Waals surface area contributed by atoms with E-state index in [9.17, 15) is 4.79 Å². The Bertz CT molecular complexity index is 870. The number of aromatic nitrogens is 3. The summed E-state index contributed by atoms with van der Waals surface area (Å²) in [5.41, 5.74) is 8.38. The third-order valence-corrected chi connectivity index (χ3v) is 3.76. The Labute approximate surface area is 134 Å². The van der Waals surface area contributed by atoms with Crippen LogP contribution in [-0.2, 0) is 22.5 Å². The SMILES string of the molecule is CCCc1nc2c(N)nc3ccccc3c2n1CC(=O)OCC. The molecule has 0 aliphatic heterocycles. The average molecular weight is 312 g/mol. The Balaban J connectivity index is 2.28. The maximum atomic E-state index is 12.0. The van der Waals surface area contributed by atoms with E-state index in [-0.39, 0.29) is 12.5 Å². The van der Waals surface area contributed by atoms with Crippen molar-refractivity contribution in [2.45, 2.75) is 33.2 Å². The molecular formula is C17H20N4O2. The number of carbonyl (C=O) groups is 1. The standard InChI is InChI=1S/C17H20N4O2/c1-3-7-13-20-15-16(21(13)10-14(22)23-4-2)11-8-5-6-9-12(11)19-17(15)18/h5-6,8-9H,3-4,7,10H2,1-2H3,(H2,18,19). The lowest BCUT2D eigenvalue weighted by atomic mass is 10.2. The Morgan fingerprint density at radius 1 is 1.26 bits per heavy atom. The molecule has 0 unspecified atom stereocenters. The van der Waals surface area contributed by atoms with E-state index in [2.05, 4.69) is 16.9 Å². The lowest BCUT2D eigenvalue weighted by molar-refractivity contribution is -0.143. The van der Waals surface area contributed by atoms with E-state index in [0.717, 1.165) is 35.1 Å². The predicted molar refractivity (Wildman–Crippen MR) is 90.1 cm³/mol. The molecule has 0 amide bonds. The van der Waals surface area contributed by atoms with Gasteiger partial charge in [-0.25, -0.2) is 9.97 Å². The molecule has 2 aromatic heterocycles. The van der Waals surface area contributed by atoms with Gasteiger partial charge in [-0.05, 0) is 19.4 Å². The minimum atomic E-state index is -0.274. The molecule has 3 rings (SSSR count). The van der Waals surface area contributed by atoms with E-state index >= 15 is 0 Å². The molecular weight excluding hydrogens is 292 g/mol. The molecule has 0 saturated heterocycles. The number of para-hydroxylation sites is 1. The summed E-state index contributed by atoms with van der Waals surface area (Å²) in [5.74, 6) is 0.947. The van der Waals surface area contributed by atoms with Crippen LogP contribution in [0.1, 0.15) is 26.1 Å². The zero-order valence-electron chi connectivity index (χ0n) is 13.4. The van der Waals surface area contributed by atoms with Crippen LogP contribution >= 0.6 is 0 Å². The highest BCUT2D eigenvalue weighted by molar-refractivity contribution is 6.06. The van der Waals surface area contributed by atoms with Crippen LogP contribution < -0.4 is 5.73 Å². The van der Waals surface area contributed by atoms with Gasteiger partial charge in [0.15, 0.2) is 5.82 Å². The van der Waals surface area contributed by atoms with Crippen LogP contribution in [-0.4, -0.2) is 27.1 Å². The molecule has 2 heterocycles. The number of rotatable bonds is 5. The number of ether oxygens (including phenoxy) is 1. The van der Waals surface area contributed by atoms with Crippen LogP contribution in [0.4, 0.5) is 5.82 Å². The van der Waals surface area contributed by atoms with Crippen molar-refractivity contribution < 1.29 is 9.53 Å². The highest BCUT2D eigenvalue weighted by atomic mass is 16.5. The van der Waals surface area contributed by atoms with Crippen molar-refractivity contribution in [2.75, 3.05) is 12.3 Å². The number of nitrogens with two attached hydrogens (primary N) is 1. The van der Waals surface area contributed by atoms with Gasteiger partial charge >= 0.3 is 5.97 Å². The van der Waals surface area contributed by atoms with Gasteiger partial charge in [0.2, 0.25) is 0 Å². The van der Waals surface area contributed by atoms with Crippen LogP contribution in [0.25, 0.3) is 21.9 Å². The molecule has 0 aliphatic rings. The highest BCUT2D eigenvalue weighted by Gasteiger charge is 2.18. The summed E-state index contributed by atoms with van der Waals surface area (Å²) < 4.78 is 7.02. The number of carbonyl (C=O) groups excluding carboxylic acids is 1. The van der Waals surface area contributed by atoms with E-state index in [1.165, 1.54) is 0 Å². The van der Waals surface area contributed by atoms with Crippen molar-refractivity contribution in [3.63, 3.8) is 0 Å². The summed E-state index contributed by atoms with van der Waals surface area (Å²) in [6, 6.07) is 7.75. The van der Waals surface area contributed by atoms with Gasteiger partial charge in [0.05, 0.1) is 17.6 Å². The second-order valence-electron chi connectivity index (χ2n) is 5.38. The van der Waals surface area contributed by atoms with Gasteiger partial charge in [0.1, 0.15) is 17.9 Å². The van der Waals surface area contributed by atoms with Crippen LogP contribution in [0.3, 0.4) is 0 Å². The molecule has 0 bridgehead atoms. The Morgan fingerprint density at radius 2 is 2.04 bits per heavy atom. The van der Waals surface area contributed by atoms with Gasteiger partial charge in [-0.2, -0.15) is 0 Å². The molecule has 2 N–H and O–H groups in total. The van der Waals surface area contributed by atoms with Gasteiger partial charge in [-0.1, -0.05) is 25.1 Å². The molecule has 1 aromatic carbocycles. The van der Waals surface area contributed by atoms with Gasteiger partial charge in [0.25, 0.3) is 0 Å². The fourth-order valence-electron chi connectivity index (χ4n) is 2.83. The zero-order valence-corrected chi connectivity index (χ0v) is 13.4. The van der Waals surface area contributed by atoms with Crippen molar-refractivity contribution in [3.8, 4) is 0 Å². The smallest absolute Gasteiger partial charge is 0.326 e. The van der Waals surface area contributed by atoms with Gasteiger partial charge in [-0.15, -0.1) is 0 Å². The number of nitrogen functional groups attached to an aromatic ring is 1. The number of fused-ring (bicyclic) bond motifs is 3. The average Bonchev–Trinajstić information content (AvgIpc) is 2.88. The molecule has 0 fully saturated rings. The van der Waals surface area contributed by atoms with Crippen LogP contribution in [0.15, 0.2) is 24.3 Å². The van der Waals surface area contributed by atoms with E-state index < -0.39 is 0 Å². The molecule has 120 valence electrons. The number of hydrogen-bond acceptors (Lipinski definition) is 5. The third-order valence-electron chi connectivity index (χ3n) is 3.76. The Kier molecular flexibility index (Phi) is 4.14. The summed E-state index contributed by atoms with van der Waals surface area (Å²) in [6.45, 7) is 4.37. The van der Waals surface area contributed by atoms with Crippen LogP contribution in [0.5, 0.6) is 0 Å². The molecule has 3 aromatic rings. The van der Waals surface area contributed by atoms with E-state index in [4.69, 9.17) is 10.5 Å². The van der Waals surface area contributed by atoms with E-state index in [1.54, 1.807) is 6.92 Å². The van der Waals surface area contributed by atoms with Gasteiger partial charge in [-0.3, -0.25) is 4.79 Å². The molecule has 0 atom stereocenters. The number of benzene rings is 1.